The Bertz CT molecular complexity index is 1520. The predicted octanol–water partition coefficient (Wildman–Crippen LogP) is 2.85. The van der Waals surface area contributed by atoms with Crippen LogP contribution in [-0.4, -0.2) is 41.6 Å². The molecule has 3 heterocycles. The number of rotatable bonds is 5. The Morgan fingerprint density at radius 3 is 2.17 bits per heavy atom. The molecule has 35 heavy (non-hydrogen) atoms. The molecule has 0 aliphatic carbocycles. The molecular formula is C26H27N3O6. The maximum atomic E-state index is 13.5. The molecule has 0 amide bonds. The smallest absolute Gasteiger partial charge is 0.331 e. The zero-order valence-electron chi connectivity index (χ0n) is 20.3. The van der Waals surface area contributed by atoms with Crippen molar-refractivity contribution in [1.82, 2.24) is 13.7 Å². The van der Waals surface area contributed by atoms with E-state index in [0.29, 0.717) is 41.3 Å². The molecule has 0 spiro atoms. The van der Waals surface area contributed by atoms with E-state index in [0.717, 1.165) is 27.1 Å². The first-order valence-corrected chi connectivity index (χ1v) is 11.2. The van der Waals surface area contributed by atoms with Gasteiger partial charge in [0.15, 0.2) is 11.5 Å². The van der Waals surface area contributed by atoms with Crippen LogP contribution in [-0.2, 0) is 25.4 Å². The normalized spacial score (nSPS) is 15.2. The second-order valence-electron chi connectivity index (χ2n) is 8.39. The molecule has 4 aromatic rings. The summed E-state index contributed by atoms with van der Waals surface area (Å²) in [5, 5.41) is 0.485. The Hall–Kier alpha value is -3.98. The second-order valence-corrected chi connectivity index (χ2v) is 8.39. The summed E-state index contributed by atoms with van der Waals surface area (Å²) < 4.78 is 27.7. The van der Waals surface area contributed by atoms with Crippen LogP contribution in [0.4, 0.5) is 0 Å². The third-order valence-electron chi connectivity index (χ3n) is 6.59. The zero-order valence-corrected chi connectivity index (χ0v) is 20.3. The highest BCUT2D eigenvalue weighted by atomic mass is 16.5. The molecule has 0 bridgehead atoms. The van der Waals surface area contributed by atoms with E-state index < -0.39 is 11.8 Å². The van der Waals surface area contributed by atoms with Gasteiger partial charge in [-0.1, -0.05) is 30.3 Å². The molecule has 0 fully saturated rings. The van der Waals surface area contributed by atoms with Crippen LogP contribution in [0.25, 0.3) is 22.2 Å². The van der Waals surface area contributed by atoms with Crippen molar-refractivity contribution < 1.29 is 18.9 Å². The third-order valence-corrected chi connectivity index (χ3v) is 6.59. The van der Waals surface area contributed by atoms with Gasteiger partial charge in [0.1, 0.15) is 6.10 Å². The number of methoxy groups -OCH3 is 3. The van der Waals surface area contributed by atoms with Crippen LogP contribution in [0.2, 0.25) is 0 Å². The summed E-state index contributed by atoms with van der Waals surface area (Å²) in [5.41, 5.74) is 2.97. The first kappa shape index (κ1) is 22.8. The minimum atomic E-state index is -0.574. The van der Waals surface area contributed by atoms with Crippen molar-refractivity contribution in [2.45, 2.75) is 12.6 Å². The van der Waals surface area contributed by atoms with Gasteiger partial charge in [-0.2, -0.15) is 0 Å². The number of benzene rings is 2. The van der Waals surface area contributed by atoms with Gasteiger partial charge in [-0.05, 0) is 23.3 Å². The minimum absolute atomic E-state index is 0.340. The average molecular weight is 478 g/mol. The molecule has 1 aliphatic rings. The molecule has 1 unspecified atom stereocenters. The molecule has 1 atom stereocenters. The van der Waals surface area contributed by atoms with E-state index in [-0.39, 0.29) is 5.56 Å². The fraction of sp³-hybridized carbons (Fsp3) is 0.308. The van der Waals surface area contributed by atoms with E-state index in [1.165, 1.54) is 11.6 Å². The van der Waals surface area contributed by atoms with Crippen molar-refractivity contribution >= 4 is 10.9 Å². The van der Waals surface area contributed by atoms with E-state index in [4.69, 9.17) is 18.9 Å². The van der Waals surface area contributed by atoms with Gasteiger partial charge in [0.25, 0.3) is 5.56 Å². The summed E-state index contributed by atoms with van der Waals surface area (Å²) in [5.74, 6) is 1.46. The van der Waals surface area contributed by atoms with Crippen LogP contribution < -0.4 is 25.5 Å². The van der Waals surface area contributed by atoms with Gasteiger partial charge in [0.2, 0.25) is 5.75 Å². The number of fused-ring (bicyclic) bond motifs is 3. The largest absolute Gasteiger partial charge is 0.493 e. The Labute approximate surface area is 201 Å². The second kappa shape index (κ2) is 8.66. The lowest BCUT2D eigenvalue weighted by Crippen LogP contribution is -2.37. The van der Waals surface area contributed by atoms with E-state index in [1.807, 2.05) is 42.5 Å². The maximum absolute atomic E-state index is 13.5. The molecule has 1 aliphatic heterocycles. The molecule has 9 heteroatoms. The number of hydrogen-bond donors (Lipinski definition) is 0. The third kappa shape index (κ3) is 3.34. The molecular weight excluding hydrogens is 450 g/mol. The first-order valence-electron chi connectivity index (χ1n) is 11.2. The summed E-state index contributed by atoms with van der Waals surface area (Å²) in [6.45, 7) is 0.954. The summed E-state index contributed by atoms with van der Waals surface area (Å²) >= 11 is 0. The van der Waals surface area contributed by atoms with Crippen molar-refractivity contribution in [2.75, 3.05) is 27.9 Å². The maximum Gasteiger partial charge on any atom is 0.331 e. The number of hydrogen-bond acceptors (Lipinski definition) is 6. The van der Waals surface area contributed by atoms with Gasteiger partial charge in [-0.25, -0.2) is 4.79 Å². The van der Waals surface area contributed by atoms with E-state index in [1.54, 1.807) is 28.4 Å². The molecule has 5 rings (SSSR count). The highest BCUT2D eigenvalue weighted by molar-refractivity contribution is 5.96. The lowest BCUT2D eigenvalue weighted by molar-refractivity contribution is 0.0475. The zero-order chi connectivity index (χ0) is 24.9. The lowest BCUT2D eigenvalue weighted by atomic mass is 10.0. The summed E-state index contributed by atoms with van der Waals surface area (Å²) in [6, 6.07) is 13.4. The Morgan fingerprint density at radius 1 is 0.914 bits per heavy atom. The lowest BCUT2D eigenvalue weighted by Gasteiger charge is -2.28. The number of ether oxygens (including phenoxy) is 4. The Kier molecular flexibility index (Phi) is 5.64. The molecule has 0 N–H and O–H groups in total. The molecule has 0 radical (unpaired) electrons. The molecule has 2 aromatic carbocycles. The summed E-state index contributed by atoms with van der Waals surface area (Å²) in [6.07, 6.45) is -0.574. The van der Waals surface area contributed by atoms with Crippen molar-refractivity contribution in [3.63, 3.8) is 0 Å². The minimum Gasteiger partial charge on any atom is -0.493 e. The van der Waals surface area contributed by atoms with Gasteiger partial charge in [0, 0.05) is 20.6 Å². The van der Waals surface area contributed by atoms with Gasteiger partial charge in [0.05, 0.1) is 50.2 Å². The summed E-state index contributed by atoms with van der Waals surface area (Å²) in [4.78, 5) is 26.5. The van der Waals surface area contributed by atoms with Crippen molar-refractivity contribution in [2.24, 2.45) is 14.1 Å². The van der Waals surface area contributed by atoms with Crippen molar-refractivity contribution in [3.05, 3.63) is 74.6 Å². The van der Waals surface area contributed by atoms with Gasteiger partial charge in [-0.15, -0.1) is 0 Å². The standard InChI is InChI=1S/C26H27N3O6/c1-27-21-19(25(30)28(2)26(27)31)20(15-9-7-6-8-10-15)29-11-12-35-23(22(21)29)16-13-17(32-3)24(34-5)18(14-16)33-4/h6-10,13-14,23H,11-12H2,1-5H3. The van der Waals surface area contributed by atoms with Crippen LogP contribution in [0.1, 0.15) is 17.4 Å². The number of aryl methyl sites for hydroxylation is 1. The monoisotopic (exact) mass is 477 g/mol. The van der Waals surface area contributed by atoms with E-state index in [2.05, 4.69) is 4.57 Å². The summed E-state index contributed by atoms with van der Waals surface area (Å²) in [7, 11) is 7.85. The van der Waals surface area contributed by atoms with E-state index in [9.17, 15) is 9.59 Å². The topological polar surface area (TPSA) is 85.9 Å². The van der Waals surface area contributed by atoms with Crippen LogP contribution >= 0.6 is 0 Å². The van der Waals surface area contributed by atoms with E-state index >= 15 is 0 Å². The quantitative estimate of drug-likeness (QED) is 0.440. The van der Waals surface area contributed by atoms with Gasteiger partial charge < -0.3 is 23.5 Å². The highest BCUT2D eigenvalue weighted by Crippen LogP contribution is 2.45. The van der Waals surface area contributed by atoms with Gasteiger partial charge in [-0.3, -0.25) is 13.9 Å². The number of aromatic nitrogens is 3. The van der Waals surface area contributed by atoms with Crippen LogP contribution in [0.5, 0.6) is 17.2 Å². The SMILES string of the molecule is COc1cc(C2OCCn3c(-c4ccccc4)c4c(=O)n(C)c(=O)n(C)c4c32)cc(OC)c1OC. The van der Waals surface area contributed by atoms with Gasteiger partial charge >= 0.3 is 5.69 Å². The molecule has 182 valence electrons. The Balaban J connectivity index is 1.90. The fourth-order valence-corrected chi connectivity index (χ4v) is 4.98. The van der Waals surface area contributed by atoms with Crippen LogP contribution in [0, 0.1) is 0 Å². The number of nitrogens with zero attached hydrogens (tertiary/aromatic N) is 3. The highest BCUT2D eigenvalue weighted by Gasteiger charge is 2.34. The molecule has 9 nitrogen and oxygen atoms in total. The van der Waals surface area contributed by atoms with Crippen LogP contribution in [0.3, 0.4) is 0 Å². The Morgan fingerprint density at radius 2 is 1.57 bits per heavy atom. The molecule has 0 saturated carbocycles. The van der Waals surface area contributed by atoms with Crippen LogP contribution in [0.15, 0.2) is 52.1 Å². The van der Waals surface area contributed by atoms with Crippen molar-refractivity contribution in [3.8, 4) is 28.5 Å². The molecule has 2 aromatic heterocycles. The van der Waals surface area contributed by atoms with Crippen molar-refractivity contribution in [1.29, 1.82) is 0 Å². The predicted molar refractivity (Wildman–Crippen MR) is 132 cm³/mol. The molecule has 0 saturated heterocycles. The fourth-order valence-electron chi connectivity index (χ4n) is 4.98. The average Bonchev–Trinajstić information content (AvgIpc) is 3.25. The first-order chi connectivity index (χ1) is 16.9.